The van der Waals surface area contributed by atoms with Gasteiger partial charge in [-0.05, 0) is 40.8 Å². The van der Waals surface area contributed by atoms with Crippen molar-refractivity contribution < 1.29 is 0 Å². The number of aromatic nitrogens is 2. The number of aryl methyl sites for hydroxylation is 2. The normalized spacial score (nSPS) is 14.1. The van der Waals surface area contributed by atoms with Gasteiger partial charge in [0.15, 0.2) is 0 Å². The smallest absolute Gasteiger partial charge is 0.0766 e. The predicted molar refractivity (Wildman–Crippen MR) is 91.3 cm³/mol. The fourth-order valence-corrected chi connectivity index (χ4v) is 3.42. The van der Waals surface area contributed by atoms with E-state index in [-0.39, 0.29) is 5.54 Å². The molecule has 0 aliphatic rings. The molecule has 0 saturated carbocycles. The van der Waals surface area contributed by atoms with E-state index >= 15 is 0 Å². The molecule has 0 aliphatic carbocycles. The molecule has 0 saturated heterocycles. The van der Waals surface area contributed by atoms with Crippen molar-refractivity contribution in [3.8, 4) is 0 Å². The lowest BCUT2D eigenvalue weighted by Crippen LogP contribution is -2.44. The summed E-state index contributed by atoms with van der Waals surface area (Å²) in [6, 6.07) is 10.5. The van der Waals surface area contributed by atoms with Gasteiger partial charge in [0.2, 0.25) is 0 Å². The fourth-order valence-electron chi connectivity index (χ4n) is 2.66. The molecule has 3 nitrogen and oxygen atoms in total. The topological polar surface area (TPSA) is 43.8 Å². The van der Waals surface area contributed by atoms with Gasteiger partial charge in [-0.1, -0.05) is 44.2 Å². The van der Waals surface area contributed by atoms with Crippen molar-refractivity contribution in [2.75, 3.05) is 0 Å². The zero-order chi connectivity index (χ0) is 15.5. The Bertz CT molecular complexity index is 592. The molecule has 1 unspecified atom stereocenters. The molecule has 21 heavy (non-hydrogen) atoms. The van der Waals surface area contributed by atoms with Gasteiger partial charge in [-0.25, -0.2) is 0 Å². The second kappa shape index (κ2) is 6.75. The molecule has 0 spiro atoms. The maximum Gasteiger partial charge on any atom is 0.0766 e. The van der Waals surface area contributed by atoms with Gasteiger partial charge >= 0.3 is 0 Å². The van der Waals surface area contributed by atoms with Crippen LogP contribution in [0.5, 0.6) is 0 Å². The van der Waals surface area contributed by atoms with Crippen LogP contribution in [-0.2, 0) is 26.3 Å². The van der Waals surface area contributed by atoms with Crippen molar-refractivity contribution in [1.29, 1.82) is 0 Å². The molecule has 0 bridgehead atoms. The number of rotatable bonds is 6. The number of hydrogen-bond donors (Lipinski definition) is 1. The first-order valence-corrected chi connectivity index (χ1v) is 8.31. The predicted octanol–water partition coefficient (Wildman–Crippen LogP) is 3.64. The third-order valence-corrected chi connectivity index (χ3v) is 5.04. The average Bonchev–Trinajstić information content (AvgIpc) is 2.75. The second-order valence-electron chi connectivity index (χ2n) is 5.74. The van der Waals surface area contributed by atoms with Crippen molar-refractivity contribution in [2.45, 2.75) is 45.1 Å². The molecule has 1 aromatic heterocycles. The second-order valence-corrected chi connectivity index (χ2v) is 6.53. The Morgan fingerprint density at radius 1 is 1.19 bits per heavy atom. The largest absolute Gasteiger partial charge is 0.324 e. The quantitative estimate of drug-likeness (QED) is 0.864. The number of nitrogens with zero attached hydrogens (tertiary/aromatic N) is 2. The van der Waals surface area contributed by atoms with Crippen LogP contribution in [0.25, 0.3) is 0 Å². The van der Waals surface area contributed by atoms with Crippen molar-refractivity contribution in [3.05, 3.63) is 51.8 Å². The van der Waals surface area contributed by atoms with Crippen LogP contribution in [0.1, 0.15) is 37.2 Å². The zero-order valence-electron chi connectivity index (χ0n) is 13.1. The Morgan fingerprint density at radius 3 is 2.38 bits per heavy atom. The highest BCUT2D eigenvalue weighted by atomic mass is 79.9. The summed E-state index contributed by atoms with van der Waals surface area (Å²) in [5.41, 5.74) is 10.0. The van der Waals surface area contributed by atoms with E-state index in [9.17, 15) is 0 Å². The molecule has 1 atom stereocenters. The summed E-state index contributed by atoms with van der Waals surface area (Å²) in [6.07, 6.45) is 3.56. The van der Waals surface area contributed by atoms with E-state index in [1.54, 1.807) is 0 Å². The van der Waals surface area contributed by atoms with E-state index in [1.165, 1.54) is 11.3 Å². The number of halogens is 1. The Kier molecular flexibility index (Phi) is 5.22. The minimum absolute atomic E-state index is 0.247. The van der Waals surface area contributed by atoms with E-state index < -0.39 is 0 Å². The maximum absolute atomic E-state index is 6.69. The number of benzene rings is 1. The Morgan fingerprint density at radius 2 is 1.86 bits per heavy atom. The summed E-state index contributed by atoms with van der Waals surface area (Å²) in [5, 5.41) is 4.57. The van der Waals surface area contributed by atoms with Gasteiger partial charge in [0.25, 0.3) is 0 Å². The van der Waals surface area contributed by atoms with Crippen molar-refractivity contribution >= 4 is 15.9 Å². The standard InChI is InChI=1S/C17H24BrN3/c1-4-14-16(18)15(21(3)20-14)12-17(19,5-2)11-13-9-7-6-8-10-13/h6-10H,4-5,11-12,19H2,1-3H3. The molecular formula is C17H24BrN3. The van der Waals surface area contributed by atoms with E-state index in [2.05, 4.69) is 59.1 Å². The summed E-state index contributed by atoms with van der Waals surface area (Å²) < 4.78 is 3.08. The summed E-state index contributed by atoms with van der Waals surface area (Å²) in [6.45, 7) is 4.28. The molecular weight excluding hydrogens is 326 g/mol. The summed E-state index contributed by atoms with van der Waals surface area (Å²) in [7, 11) is 2.00. The highest BCUT2D eigenvalue weighted by molar-refractivity contribution is 9.10. The molecule has 114 valence electrons. The zero-order valence-corrected chi connectivity index (χ0v) is 14.7. The SMILES string of the molecule is CCc1nn(C)c(CC(N)(CC)Cc2ccccc2)c1Br. The summed E-state index contributed by atoms with van der Waals surface area (Å²) in [4.78, 5) is 0. The van der Waals surface area contributed by atoms with E-state index in [4.69, 9.17) is 5.73 Å². The number of hydrogen-bond acceptors (Lipinski definition) is 2. The highest BCUT2D eigenvalue weighted by Gasteiger charge is 2.27. The van der Waals surface area contributed by atoms with Gasteiger partial charge < -0.3 is 5.73 Å². The van der Waals surface area contributed by atoms with Gasteiger partial charge in [-0.3, -0.25) is 4.68 Å². The van der Waals surface area contributed by atoms with Crippen LogP contribution in [0.4, 0.5) is 0 Å². The Balaban J connectivity index is 2.24. The van der Waals surface area contributed by atoms with Crippen LogP contribution in [0, 0.1) is 0 Å². The first kappa shape index (κ1) is 16.2. The third kappa shape index (κ3) is 3.74. The Hall–Kier alpha value is -1.13. The minimum atomic E-state index is -0.247. The van der Waals surface area contributed by atoms with Crippen LogP contribution in [0.2, 0.25) is 0 Å². The van der Waals surface area contributed by atoms with Gasteiger partial charge in [0.1, 0.15) is 0 Å². The lowest BCUT2D eigenvalue weighted by Gasteiger charge is -2.28. The highest BCUT2D eigenvalue weighted by Crippen LogP contribution is 2.27. The molecule has 4 heteroatoms. The van der Waals surface area contributed by atoms with Crippen LogP contribution in [0.15, 0.2) is 34.8 Å². The molecule has 1 aromatic carbocycles. The van der Waals surface area contributed by atoms with E-state index in [1.807, 2.05) is 17.8 Å². The van der Waals surface area contributed by atoms with Crippen LogP contribution in [0.3, 0.4) is 0 Å². The van der Waals surface area contributed by atoms with Crippen molar-refractivity contribution in [1.82, 2.24) is 9.78 Å². The summed E-state index contributed by atoms with van der Waals surface area (Å²) >= 11 is 3.69. The third-order valence-electron chi connectivity index (χ3n) is 4.13. The molecule has 0 radical (unpaired) electrons. The van der Waals surface area contributed by atoms with Gasteiger partial charge in [0, 0.05) is 19.0 Å². The maximum atomic E-state index is 6.69. The molecule has 0 aliphatic heterocycles. The summed E-state index contributed by atoms with van der Waals surface area (Å²) in [5.74, 6) is 0. The molecule has 2 N–H and O–H groups in total. The van der Waals surface area contributed by atoms with Crippen molar-refractivity contribution in [3.63, 3.8) is 0 Å². The first-order chi connectivity index (χ1) is 9.99. The van der Waals surface area contributed by atoms with Crippen LogP contribution >= 0.6 is 15.9 Å². The molecule has 2 rings (SSSR count). The monoisotopic (exact) mass is 349 g/mol. The Labute approximate surface area is 135 Å². The van der Waals surface area contributed by atoms with Gasteiger partial charge in [0.05, 0.1) is 15.9 Å². The molecule has 1 heterocycles. The fraction of sp³-hybridized carbons (Fsp3) is 0.471. The lowest BCUT2D eigenvalue weighted by atomic mass is 9.85. The average molecular weight is 350 g/mol. The lowest BCUT2D eigenvalue weighted by molar-refractivity contribution is 0.393. The van der Waals surface area contributed by atoms with Crippen LogP contribution in [-0.4, -0.2) is 15.3 Å². The van der Waals surface area contributed by atoms with E-state index in [0.717, 1.165) is 35.8 Å². The molecule has 0 amide bonds. The van der Waals surface area contributed by atoms with Gasteiger partial charge in [-0.2, -0.15) is 5.10 Å². The minimum Gasteiger partial charge on any atom is -0.324 e. The first-order valence-electron chi connectivity index (χ1n) is 7.52. The van der Waals surface area contributed by atoms with Crippen molar-refractivity contribution in [2.24, 2.45) is 12.8 Å². The van der Waals surface area contributed by atoms with Crippen LogP contribution < -0.4 is 5.73 Å². The number of nitrogens with two attached hydrogens (primary N) is 1. The van der Waals surface area contributed by atoms with E-state index in [0.29, 0.717) is 0 Å². The molecule has 0 fully saturated rings. The van der Waals surface area contributed by atoms with Gasteiger partial charge in [-0.15, -0.1) is 0 Å². The molecule has 2 aromatic rings.